The van der Waals surface area contributed by atoms with Crippen molar-refractivity contribution in [1.82, 2.24) is 0 Å². The van der Waals surface area contributed by atoms with Gasteiger partial charge in [0.15, 0.2) is 7.38 Å². The van der Waals surface area contributed by atoms with Crippen molar-refractivity contribution in [2.45, 2.75) is 31.0 Å². The fraction of sp³-hybridized carbons (Fsp3) is 0.455. The van der Waals surface area contributed by atoms with Crippen LogP contribution in [0.3, 0.4) is 0 Å². The van der Waals surface area contributed by atoms with Gasteiger partial charge in [0.25, 0.3) is 5.60 Å². The van der Waals surface area contributed by atoms with Gasteiger partial charge < -0.3 is 5.11 Å². The van der Waals surface area contributed by atoms with Crippen LogP contribution in [0.4, 0.5) is 26.3 Å². The number of rotatable bonds is 2. The largest absolute Gasteiger partial charge is 0.430 e. The summed E-state index contributed by atoms with van der Waals surface area (Å²) in [5, 5.41) is 9.44. The summed E-state index contributed by atoms with van der Waals surface area (Å²) in [6, 6.07) is 3.61. The normalized spacial score (nSPS) is 14.5. The fourth-order valence-electron chi connectivity index (χ4n) is 1.60. The molecule has 9 heteroatoms. The molecule has 1 aromatic rings. The first-order chi connectivity index (χ1) is 8.71. The zero-order valence-electron chi connectivity index (χ0n) is 10.4. The van der Waals surface area contributed by atoms with Crippen LogP contribution in [-0.2, 0) is 5.60 Å². The van der Waals surface area contributed by atoms with Crippen LogP contribution >= 0.6 is 11.1 Å². The Labute approximate surface area is 116 Å². The average molecular weight is 337 g/mol. The predicted molar refractivity (Wildman–Crippen MR) is 65.4 cm³/mol. The highest BCUT2D eigenvalue weighted by molar-refractivity contribution is 7.26. The Balaban J connectivity index is 3.53. The lowest BCUT2D eigenvalue weighted by molar-refractivity contribution is -0.376. The molecule has 0 bridgehead atoms. The van der Waals surface area contributed by atoms with Crippen molar-refractivity contribution >= 4 is 23.6 Å². The van der Waals surface area contributed by atoms with Crippen LogP contribution in [0.1, 0.15) is 5.56 Å². The number of hydrogen-bond donors (Lipinski definition) is 1. The maximum Gasteiger partial charge on any atom is 0.430 e. The Morgan fingerprint density at radius 2 is 1.45 bits per heavy atom. The van der Waals surface area contributed by atoms with Crippen molar-refractivity contribution in [1.29, 1.82) is 0 Å². The highest BCUT2D eigenvalue weighted by Gasteiger charge is 2.71. The van der Waals surface area contributed by atoms with E-state index < -0.39 is 30.9 Å². The van der Waals surface area contributed by atoms with Crippen molar-refractivity contribution < 1.29 is 31.4 Å². The second-order valence-electron chi connectivity index (χ2n) is 4.76. The van der Waals surface area contributed by atoms with Gasteiger partial charge in [-0.3, -0.25) is 0 Å². The van der Waals surface area contributed by atoms with E-state index in [-0.39, 0.29) is 5.19 Å². The molecule has 0 atom stereocenters. The van der Waals surface area contributed by atoms with E-state index in [4.69, 9.17) is 11.1 Å². The monoisotopic (exact) mass is 336 g/mol. The minimum absolute atomic E-state index is 0.170. The highest BCUT2D eigenvalue weighted by atomic mass is 35.6. The molecule has 0 amide bonds. The van der Waals surface area contributed by atoms with Gasteiger partial charge in [-0.05, 0) is 5.19 Å². The molecule has 0 spiro atoms. The third-order valence-electron chi connectivity index (χ3n) is 2.79. The molecule has 0 radical (unpaired) electrons. The molecule has 0 unspecified atom stereocenters. The maximum absolute atomic E-state index is 12.7. The minimum atomic E-state index is -5.89. The van der Waals surface area contributed by atoms with E-state index in [2.05, 4.69) is 0 Å². The van der Waals surface area contributed by atoms with E-state index in [0.29, 0.717) is 12.1 Å². The first-order valence-corrected chi connectivity index (χ1v) is 9.38. The molecule has 0 aliphatic carbocycles. The molecule has 20 heavy (non-hydrogen) atoms. The Morgan fingerprint density at radius 3 is 1.80 bits per heavy atom. The van der Waals surface area contributed by atoms with Gasteiger partial charge in [0.05, 0.1) is 0 Å². The Kier molecular flexibility index (Phi) is 4.26. The maximum atomic E-state index is 12.7. The molecule has 0 heterocycles. The van der Waals surface area contributed by atoms with Crippen LogP contribution in [0.5, 0.6) is 0 Å². The van der Waals surface area contributed by atoms with Gasteiger partial charge in [-0.25, -0.2) is 0 Å². The summed E-state index contributed by atoms with van der Waals surface area (Å²) >= 11 is 6.00. The van der Waals surface area contributed by atoms with Crippen LogP contribution in [-0.4, -0.2) is 24.8 Å². The highest BCUT2D eigenvalue weighted by Crippen LogP contribution is 2.49. The van der Waals surface area contributed by atoms with E-state index >= 15 is 0 Å². The van der Waals surface area contributed by atoms with Crippen LogP contribution < -0.4 is 5.19 Å². The zero-order chi connectivity index (χ0) is 16.0. The zero-order valence-corrected chi connectivity index (χ0v) is 12.2. The molecule has 0 saturated heterocycles. The second-order valence-corrected chi connectivity index (χ2v) is 11.1. The van der Waals surface area contributed by atoms with Gasteiger partial charge in [0.2, 0.25) is 0 Å². The summed E-state index contributed by atoms with van der Waals surface area (Å²) in [6.07, 6.45) is -11.8. The molecule has 1 N–H and O–H groups in total. The molecule has 1 rings (SSSR count). The van der Waals surface area contributed by atoms with Gasteiger partial charge in [0.1, 0.15) is 0 Å². The topological polar surface area (TPSA) is 20.2 Å². The predicted octanol–water partition coefficient (Wildman–Crippen LogP) is 3.65. The molecule has 0 aromatic heterocycles. The van der Waals surface area contributed by atoms with Crippen molar-refractivity contribution in [3.8, 4) is 0 Å². The van der Waals surface area contributed by atoms with Crippen molar-refractivity contribution in [3.63, 3.8) is 0 Å². The van der Waals surface area contributed by atoms with Crippen LogP contribution in [0.25, 0.3) is 0 Å². The van der Waals surface area contributed by atoms with Crippen molar-refractivity contribution in [3.05, 3.63) is 29.8 Å². The lowest BCUT2D eigenvalue weighted by atomic mass is 9.92. The molecular weight excluding hydrogens is 326 g/mol. The number of aliphatic hydroxyl groups is 1. The molecule has 0 aliphatic rings. The summed E-state index contributed by atoms with van der Waals surface area (Å²) in [5.74, 6) is 0. The first kappa shape index (κ1) is 17.3. The summed E-state index contributed by atoms with van der Waals surface area (Å²) in [7, 11) is -2.64. The molecule has 0 saturated carbocycles. The van der Waals surface area contributed by atoms with Gasteiger partial charge in [0, 0.05) is 5.56 Å². The molecular formula is C11H11ClF6OSi. The Morgan fingerprint density at radius 1 is 1.00 bits per heavy atom. The Hall–Kier alpha value is -0.733. The van der Waals surface area contributed by atoms with Gasteiger partial charge in [-0.2, -0.15) is 37.4 Å². The number of halogens is 7. The van der Waals surface area contributed by atoms with E-state index in [1.54, 1.807) is 13.1 Å². The van der Waals surface area contributed by atoms with Gasteiger partial charge in [-0.1, -0.05) is 37.4 Å². The molecule has 0 fully saturated rings. The minimum Gasteiger partial charge on any atom is -0.369 e. The molecule has 1 aromatic carbocycles. The van der Waals surface area contributed by atoms with E-state index in [1.807, 2.05) is 0 Å². The number of alkyl halides is 6. The molecule has 114 valence electrons. The second kappa shape index (κ2) is 4.92. The van der Waals surface area contributed by atoms with E-state index in [0.717, 1.165) is 6.07 Å². The van der Waals surface area contributed by atoms with Crippen molar-refractivity contribution in [2.75, 3.05) is 0 Å². The fourth-order valence-corrected chi connectivity index (χ4v) is 2.95. The quantitative estimate of drug-likeness (QED) is 0.496. The molecule has 1 nitrogen and oxygen atoms in total. The standard InChI is InChI=1S/C11H11ClF6OSi/c1-20(2,12)8-5-3-4-7(6-8)9(19,10(13,14)15)11(16,17)18/h3-6,19H,1-2H3. The van der Waals surface area contributed by atoms with Crippen LogP contribution in [0.2, 0.25) is 13.1 Å². The first-order valence-electron chi connectivity index (χ1n) is 5.37. The van der Waals surface area contributed by atoms with E-state index in [1.165, 1.54) is 6.07 Å². The Bertz CT molecular complexity index is 477. The lowest BCUT2D eigenvalue weighted by Crippen LogP contribution is -2.54. The average Bonchev–Trinajstić information content (AvgIpc) is 2.24. The van der Waals surface area contributed by atoms with Gasteiger partial charge >= 0.3 is 12.4 Å². The van der Waals surface area contributed by atoms with E-state index in [9.17, 15) is 31.4 Å². The van der Waals surface area contributed by atoms with Crippen molar-refractivity contribution in [2.24, 2.45) is 0 Å². The number of benzene rings is 1. The van der Waals surface area contributed by atoms with Crippen LogP contribution in [0, 0.1) is 0 Å². The summed E-state index contributed by atoms with van der Waals surface area (Å²) in [5.41, 5.74) is -6.19. The smallest absolute Gasteiger partial charge is 0.369 e. The SMILES string of the molecule is C[Si](C)(Cl)c1cccc(C(O)(C(F)(F)F)C(F)(F)F)c1. The number of hydrogen-bond acceptors (Lipinski definition) is 1. The summed E-state index contributed by atoms with van der Waals surface area (Å²) in [4.78, 5) is 0. The third-order valence-corrected chi connectivity index (χ3v) is 5.13. The summed E-state index contributed by atoms with van der Waals surface area (Å²) in [6.45, 7) is 3.10. The van der Waals surface area contributed by atoms with Gasteiger partial charge in [-0.15, -0.1) is 0 Å². The van der Waals surface area contributed by atoms with Crippen LogP contribution in [0.15, 0.2) is 24.3 Å². The summed E-state index contributed by atoms with van der Waals surface area (Å²) < 4.78 is 76.3. The molecule has 0 aliphatic heterocycles. The third kappa shape index (κ3) is 2.96. The lowest BCUT2D eigenvalue weighted by Gasteiger charge is -2.33.